The van der Waals surface area contributed by atoms with E-state index in [0.717, 1.165) is 12.1 Å². The summed E-state index contributed by atoms with van der Waals surface area (Å²) in [4.78, 5) is 4.10. The maximum atomic E-state index is 13.7. The summed E-state index contributed by atoms with van der Waals surface area (Å²) in [5.74, 6) is -1.01. The van der Waals surface area contributed by atoms with E-state index < -0.39 is 11.6 Å². The first kappa shape index (κ1) is 13.4. The maximum Gasteiger partial charge on any atom is 0.147 e. The molecule has 1 aromatic carbocycles. The number of halogens is 2. The number of pyridine rings is 1. The lowest BCUT2D eigenvalue weighted by Crippen LogP contribution is -2.11. The third-order valence-electron chi connectivity index (χ3n) is 2.54. The van der Waals surface area contributed by atoms with Gasteiger partial charge in [-0.05, 0) is 30.7 Å². The molecule has 19 heavy (non-hydrogen) atoms. The Bertz CT molecular complexity index is 644. The molecule has 0 radical (unpaired) electrons. The van der Waals surface area contributed by atoms with Crippen LogP contribution in [0.4, 0.5) is 20.2 Å². The van der Waals surface area contributed by atoms with Gasteiger partial charge in [0.05, 0.1) is 11.4 Å². The molecule has 0 unspecified atom stereocenters. The third-order valence-corrected chi connectivity index (χ3v) is 2.75. The fraction of sp³-hybridized carbons (Fsp3) is 0.0769. The van der Waals surface area contributed by atoms with E-state index in [0.29, 0.717) is 11.4 Å². The van der Waals surface area contributed by atoms with Gasteiger partial charge < -0.3 is 11.1 Å². The average Bonchev–Trinajstić information content (AvgIpc) is 2.36. The normalized spacial score (nSPS) is 10.3. The summed E-state index contributed by atoms with van der Waals surface area (Å²) in [6.07, 6.45) is 1.49. The molecule has 0 saturated carbocycles. The quantitative estimate of drug-likeness (QED) is 0.848. The zero-order chi connectivity index (χ0) is 14.0. The average molecular weight is 279 g/mol. The van der Waals surface area contributed by atoms with Crippen LogP contribution in [0.25, 0.3) is 0 Å². The minimum Gasteiger partial charge on any atom is -0.388 e. The van der Waals surface area contributed by atoms with E-state index in [2.05, 4.69) is 10.3 Å². The molecule has 0 fully saturated rings. The number of hydrogen-bond donors (Lipinski definition) is 2. The van der Waals surface area contributed by atoms with Gasteiger partial charge in [0.1, 0.15) is 16.6 Å². The fourth-order valence-electron chi connectivity index (χ4n) is 1.54. The molecule has 1 heterocycles. The first-order chi connectivity index (χ1) is 8.97. The highest BCUT2D eigenvalue weighted by atomic mass is 32.1. The topological polar surface area (TPSA) is 50.9 Å². The van der Waals surface area contributed by atoms with Crippen molar-refractivity contribution in [3.63, 3.8) is 0 Å². The van der Waals surface area contributed by atoms with Gasteiger partial charge in [-0.15, -0.1) is 0 Å². The minimum absolute atomic E-state index is 0.0446. The van der Waals surface area contributed by atoms with Crippen LogP contribution in [-0.2, 0) is 0 Å². The standard InChI is InChI=1S/C13H11F2N3S/c1-7-4-10(15)11(6-9(7)14)18-8-2-3-17-12(5-8)13(16)19/h2-6H,1H3,(H2,16,19)(H,17,18). The number of aromatic nitrogens is 1. The van der Waals surface area contributed by atoms with Gasteiger partial charge in [-0.25, -0.2) is 8.78 Å². The first-order valence-electron chi connectivity index (χ1n) is 5.46. The zero-order valence-electron chi connectivity index (χ0n) is 10.1. The molecule has 0 aliphatic carbocycles. The molecular weight excluding hydrogens is 268 g/mol. The van der Waals surface area contributed by atoms with Crippen LogP contribution in [0, 0.1) is 18.6 Å². The van der Waals surface area contributed by atoms with Gasteiger partial charge in [-0.3, -0.25) is 4.98 Å². The van der Waals surface area contributed by atoms with Gasteiger partial charge in [0.25, 0.3) is 0 Å². The van der Waals surface area contributed by atoms with Crippen molar-refractivity contribution in [1.29, 1.82) is 0 Å². The van der Waals surface area contributed by atoms with Gasteiger partial charge >= 0.3 is 0 Å². The summed E-state index contributed by atoms with van der Waals surface area (Å²) in [5, 5.41) is 2.77. The number of benzene rings is 1. The molecule has 0 atom stereocenters. The molecule has 3 N–H and O–H groups in total. The molecule has 0 saturated heterocycles. The van der Waals surface area contributed by atoms with Gasteiger partial charge in [0.2, 0.25) is 0 Å². The number of thiocarbonyl (C=S) groups is 1. The predicted molar refractivity (Wildman–Crippen MR) is 74.5 cm³/mol. The lowest BCUT2D eigenvalue weighted by Gasteiger charge is -2.09. The van der Waals surface area contributed by atoms with E-state index in [1.165, 1.54) is 13.1 Å². The Morgan fingerprint density at radius 1 is 1.26 bits per heavy atom. The Balaban J connectivity index is 2.33. The predicted octanol–water partition coefficient (Wildman–Crippen LogP) is 3.05. The second-order valence-electron chi connectivity index (χ2n) is 4.00. The van der Waals surface area contributed by atoms with Crippen LogP contribution in [0.2, 0.25) is 0 Å². The molecule has 0 amide bonds. The minimum atomic E-state index is -0.535. The molecule has 0 spiro atoms. The Kier molecular flexibility index (Phi) is 3.71. The highest BCUT2D eigenvalue weighted by Gasteiger charge is 2.08. The molecule has 2 aromatic rings. The van der Waals surface area contributed by atoms with Crippen molar-refractivity contribution in [2.75, 3.05) is 5.32 Å². The van der Waals surface area contributed by atoms with Gasteiger partial charge in [-0.1, -0.05) is 12.2 Å². The molecule has 6 heteroatoms. The number of hydrogen-bond acceptors (Lipinski definition) is 3. The molecule has 0 aliphatic heterocycles. The number of nitrogens with zero attached hydrogens (tertiary/aromatic N) is 1. The van der Waals surface area contributed by atoms with Crippen molar-refractivity contribution in [3.8, 4) is 0 Å². The Hall–Kier alpha value is -2.08. The van der Waals surface area contributed by atoms with E-state index in [-0.39, 0.29) is 16.2 Å². The SMILES string of the molecule is Cc1cc(F)c(Nc2ccnc(C(N)=S)c2)cc1F. The zero-order valence-corrected chi connectivity index (χ0v) is 10.9. The molecule has 2 rings (SSSR count). The van der Waals surface area contributed by atoms with E-state index in [9.17, 15) is 8.78 Å². The number of anilines is 2. The Morgan fingerprint density at radius 2 is 2.00 bits per heavy atom. The molecular formula is C13H11F2N3S. The number of nitrogens with two attached hydrogens (primary N) is 1. The van der Waals surface area contributed by atoms with Crippen molar-refractivity contribution in [2.24, 2.45) is 5.73 Å². The fourth-order valence-corrected chi connectivity index (χ4v) is 1.65. The second kappa shape index (κ2) is 5.27. The van der Waals surface area contributed by atoms with Crippen LogP contribution < -0.4 is 11.1 Å². The molecule has 98 valence electrons. The molecule has 3 nitrogen and oxygen atoms in total. The van der Waals surface area contributed by atoms with Crippen molar-refractivity contribution >= 4 is 28.6 Å². The number of aryl methyl sites for hydroxylation is 1. The van der Waals surface area contributed by atoms with E-state index in [4.69, 9.17) is 18.0 Å². The Morgan fingerprint density at radius 3 is 2.68 bits per heavy atom. The van der Waals surface area contributed by atoms with Crippen molar-refractivity contribution in [3.05, 3.63) is 53.4 Å². The van der Waals surface area contributed by atoms with Crippen LogP contribution in [0.1, 0.15) is 11.3 Å². The van der Waals surface area contributed by atoms with Crippen molar-refractivity contribution in [1.82, 2.24) is 4.98 Å². The highest BCUT2D eigenvalue weighted by molar-refractivity contribution is 7.80. The largest absolute Gasteiger partial charge is 0.388 e. The summed E-state index contributed by atoms with van der Waals surface area (Å²) in [5.41, 5.74) is 6.69. The van der Waals surface area contributed by atoms with E-state index >= 15 is 0 Å². The summed E-state index contributed by atoms with van der Waals surface area (Å²) >= 11 is 4.80. The maximum absolute atomic E-state index is 13.7. The van der Waals surface area contributed by atoms with Gasteiger partial charge in [0.15, 0.2) is 0 Å². The Labute approximate surface area is 114 Å². The van der Waals surface area contributed by atoms with Crippen LogP contribution in [0.3, 0.4) is 0 Å². The summed E-state index contributed by atoms with van der Waals surface area (Å²) in [6.45, 7) is 1.50. The van der Waals surface area contributed by atoms with Crippen LogP contribution >= 0.6 is 12.2 Å². The molecule has 0 aliphatic rings. The monoisotopic (exact) mass is 279 g/mol. The van der Waals surface area contributed by atoms with Crippen LogP contribution in [0.15, 0.2) is 30.5 Å². The smallest absolute Gasteiger partial charge is 0.147 e. The van der Waals surface area contributed by atoms with E-state index in [1.807, 2.05) is 0 Å². The molecule has 1 aromatic heterocycles. The molecule has 0 bridgehead atoms. The number of rotatable bonds is 3. The summed E-state index contributed by atoms with van der Waals surface area (Å²) in [7, 11) is 0. The van der Waals surface area contributed by atoms with Gasteiger partial charge in [0, 0.05) is 18.0 Å². The summed E-state index contributed by atoms with van der Waals surface area (Å²) in [6, 6.07) is 5.41. The van der Waals surface area contributed by atoms with E-state index in [1.54, 1.807) is 12.1 Å². The lowest BCUT2D eigenvalue weighted by atomic mass is 10.2. The van der Waals surface area contributed by atoms with Gasteiger partial charge in [-0.2, -0.15) is 0 Å². The summed E-state index contributed by atoms with van der Waals surface area (Å²) < 4.78 is 27.1. The first-order valence-corrected chi connectivity index (χ1v) is 5.86. The second-order valence-corrected chi connectivity index (χ2v) is 4.44. The van der Waals surface area contributed by atoms with Crippen molar-refractivity contribution in [2.45, 2.75) is 6.92 Å². The number of nitrogens with one attached hydrogen (secondary N) is 1. The third kappa shape index (κ3) is 3.03. The van der Waals surface area contributed by atoms with Crippen LogP contribution in [-0.4, -0.2) is 9.97 Å². The van der Waals surface area contributed by atoms with Crippen molar-refractivity contribution < 1.29 is 8.78 Å². The highest BCUT2D eigenvalue weighted by Crippen LogP contribution is 2.23. The lowest BCUT2D eigenvalue weighted by molar-refractivity contribution is 0.595. The van der Waals surface area contributed by atoms with Crippen LogP contribution in [0.5, 0.6) is 0 Å².